The van der Waals surface area contributed by atoms with Crippen molar-refractivity contribution < 1.29 is 29.3 Å². The average Bonchev–Trinajstić information content (AvgIpc) is 2.48. The second-order valence-electron chi connectivity index (χ2n) is 4.17. The van der Waals surface area contributed by atoms with Crippen LogP contribution in [0.1, 0.15) is 10.4 Å². The van der Waals surface area contributed by atoms with Gasteiger partial charge in [0.2, 0.25) is 6.79 Å². The van der Waals surface area contributed by atoms with Crippen molar-refractivity contribution in [2.24, 2.45) is 0 Å². The summed E-state index contributed by atoms with van der Waals surface area (Å²) in [4.78, 5) is 22.3. The van der Waals surface area contributed by atoms with E-state index in [9.17, 15) is 14.7 Å². The number of para-hydroxylation sites is 1. The lowest BCUT2D eigenvalue weighted by Crippen LogP contribution is -2.17. The molecule has 7 nitrogen and oxygen atoms in total. The smallest absolute Gasteiger partial charge is 0.414 e. The van der Waals surface area contributed by atoms with Gasteiger partial charge >= 0.3 is 12.1 Å². The number of anilines is 1. The Morgan fingerprint density at radius 2 is 1.82 bits per heavy atom. The highest BCUT2D eigenvalue weighted by Gasteiger charge is 2.11. The number of rotatable bonds is 5. The first-order chi connectivity index (χ1) is 10.6. The zero-order chi connectivity index (χ0) is 15.9. The molecule has 0 radical (unpaired) electrons. The van der Waals surface area contributed by atoms with Crippen LogP contribution in [0.25, 0.3) is 0 Å². The maximum Gasteiger partial charge on any atom is 0.414 e. The molecule has 0 aliphatic carbocycles. The van der Waals surface area contributed by atoms with Gasteiger partial charge in [0, 0.05) is 11.8 Å². The molecular weight excluding hydrogens is 290 g/mol. The molecule has 22 heavy (non-hydrogen) atoms. The van der Waals surface area contributed by atoms with Crippen molar-refractivity contribution in [3.05, 3.63) is 54.1 Å². The number of benzene rings is 2. The molecule has 0 fully saturated rings. The SMILES string of the molecule is O=C(Nc1ccc(C(=O)O)c(O)c1)OCOc1ccccc1. The number of aromatic hydroxyl groups is 1. The normalized spacial score (nSPS) is 9.82. The average molecular weight is 303 g/mol. The van der Waals surface area contributed by atoms with Gasteiger partial charge in [-0.2, -0.15) is 0 Å². The zero-order valence-corrected chi connectivity index (χ0v) is 11.4. The first-order valence-corrected chi connectivity index (χ1v) is 6.24. The molecule has 0 aromatic heterocycles. The lowest BCUT2D eigenvalue weighted by molar-refractivity contribution is 0.0682. The number of carbonyl (C=O) groups is 2. The largest absolute Gasteiger partial charge is 0.507 e. The monoisotopic (exact) mass is 303 g/mol. The van der Waals surface area contributed by atoms with Crippen LogP contribution in [0.3, 0.4) is 0 Å². The number of carboxylic acids is 1. The quantitative estimate of drug-likeness (QED) is 0.733. The number of hydrogen-bond donors (Lipinski definition) is 3. The van der Waals surface area contributed by atoms with Crippen molar-refractivity contribution in [3.63, 3.8) is 0 Å². The maximum atomic E-state index is 11.5. The van der Waals surface area contributed by atoms with Crippen molar-refractivity contribution in [2.75, 3.05) is 12.1 Å². The van der Waals surface area contributed by atoms with Gasteiger partial charge in [0.1, 0.15) is 17.1 Å². The molecule has 0 atom stereocenters. The Bertz CT molecular complexity index is 671. The first-order valence-electron chi connectivity index (χ1n) is 6.24. The zero-order valence-electron chi connectivity index (χ0n) is 11.4. The van der Waals surface area contributed by atoms with Crippen molar-refractivity contribution in [2.45, 2.75) is 0 Å². The summed E-state index contributed by atoms with van der Waals surface area (Å²) in [6.07, 6.45) is -0.793. The minimum absolute atomic E-state index is 0.201. The van der Waals surface area contributed by atoms with E-state index >= 15 is 0 Å². The number of amides is 1. The summed E-state index contributed by atoms with van der Waals surface area (Å²) in [6.45, 7) is -0.283. The molecule has 2 rings (SSSR count). The highest BCUT2D eigenvalue weighted by Crippen LogP contribution is 2.22. The minimum Gasteiger partial charge on any atom is -0.507 e. The van der Waals surface area contributed by atoms with Crippen LogP contribution in [0.15, 0.2) is 48.5 Å². The lowest BCUT2D eigenvalue weighted by Gasteiger charge is -2.09. The molecule has 3 N–H and O–H groups in total. The summed E-state index contributed by atoms with van der Waals surface area (Å²) in [5.74, 6) is -1.16. The number of aromatic carboxylic acids is 1. The van der Waals surface area contributed by atoms with Gasteiger partial charge in [-0.05, 0) is 24.3 Å². The Kier molecular flexibility index (Phi) is 4.81. The second kappa shape index (κ2) is 6.98. The number of carbonyl (C=O) groups excluding carboxylic acids is 1. The predicted octanol–water partition coefficient (Wildman–Crippen LogP) is 2.68. The van der Waals surface area contributed by atoms with Gasteiger partial charge in [0.05, 0.1) is 0 Å². The van der Waals surface area contributed by atoms with Crippen LogP contribution in [0, 0.1) is 0 Å². The first kappa shape index (κ1) is 15.2. The standard InChI is InChI=1S/C15H13NO6/c17-13-8-10(6-7-12(13)14(18)19)16-15(20)22-9-21-11-4-2-1-3-5-11/h1-8,17H,9H2,(H,16,20)(H,18,19). The molecule has 0 aliphatic heterocycles. The summed E-state index contributed by atoms with van der Waals surface area (Å²) >= 11 is 0. The van der Waals surface area contributed by atoms with Gasteiger partial charge in [-0.1, -0.05) is 18.2 Å². The number of carboxylic acid groups (broad SMARTS) is 1. The highest BCUT2D eigenvalue weighted by atomic mass is 16.7. The number of nitrogens with one attached hydrogen (secondary N) is 1. The van der Waals surface area contributed by atoms with E-state index in [0.717, 1.165) is 6.07 Å². The van der Waals surface area contributed by atoms with Crippen LogP contribution < -0.4 is 10.1 Å². The van der Waals surface area contributed by atoms with Gasteiger partial charge in [-0.15, -0.1) is 0 Å². The molecule has 0 bridgehead atoms. The van der Waals surface area contributed by atoms with Gasteiger partial charge in [0.25, 0.3) is 0 Å². The van der Waals surface area contributed by atoms with E-state index in [-0.39, 0.29) is 18.0 Å². The topological polar surface area (TPSA) is 105 Å². The van der Waals surface area contributed by atoms with Gasteiger partial charge in [-0.25, -0.2) is 9.59 Å². The molecule has 0 saturated carbocycles. The molecule has 0 heterocycles. The van der Waals surface area contributed by atoms with E-state index in [1.54, 1.807) is 24.3 Å². The summed E-state index contributed by atoms with van der Waals surface area (Å²) in [6, 6.07) is 12.4. The third-order valence-electron chi connectivity index (χ3n) is 2.63. The van der Waals surface area contributed by atoms with Crippen LogP contribution >= 0.6 is 0 Å². The van der Waals surface area contributed by atoms with Crippen LogP contribution in [0.2, 0.25) is 0 Å². The fourth-order valence-corrected chi connectivity index (χ4v) is 1.61. The van der Waals surface area contributed by atoms with Crippen molar-refractivity contribution in [1.82, 2.24) is 0 Å². The number of hydrogen-bond acceptors (Lipinski definition) is 5. The lowest BCUT2D eigenvalue weighted by atomic mass is 10.2. The van der Waals surface area contributed by atoms with Crippen LogP contribution in [0.5, 0.6) is 11.5 Å². The van der Waals surface area contributed by atoms with Gasteiger partial charge in [-0.3, -0.25) is 5.32 Å². The molecule has 0 aliphatic rings. The molecule has 114 valence electrons. The molecule has 2 aromatic rings. The van der Waals surface area contributed by atoms with Crippen LogP contribution in [-0.4, -0.2) is 29.1 Å². The van der Waals surface area contributed by atoms with E-state index in [4.69, 9.17) is 14.6 Å². The Hall–Kier alpha value is -3.22. The van der Waals surface area contributed by atoms with Gasteiger partial charge in [0.15, 0.2) is 0 Å². The summed E-state index contributed by atoms with van der Waals surface area (Å²) < 4.78 is 9.98. The van der Waals surface area contributed by atoms with Crippen molar-refractivity contribution in [1.29, 1.82) is 0 Å². The van der Waals surface area contributed by atoms with E-state index in [2.05, 4.69) is 5.32 Å². The molecular formula is C15H13NO6. The molecule has 0 unspecified atom stereocenters. The molecule has 2 aromatic carbocycles. The Morgan fingerprint density at radius 1 is 1.09 bits per heavy atom. The maximum absolute atomic E-state index is 11.5. The predicted molar refractivity (Wildman–Crippen MR) is 77.1 cm³/mol. The number of ether oxygens (including phenoxy) is 2. The van der Waals surface area contributed by atoms with Crippen molar-refractivity contribution in [3.8, 4) is 11.5 Å². The molecule has 1 amide bonds. The third-order valence-corrected chi connectivity index (χ3v) is 2.63. The Balaban J connectivity index is 1.84. The summed E-state index contributed by atoms with van der Waals surface area (Å²) in [7, 11) is 0. The number of phenols is 1. The molecule has 7 heteroatoms. The van der Waals surface area contributed by atoms with E-state index in [0.29, 0.717) is 5.75 Å². The van der Waals surface area contributed by atoms with E-state index < -0.39 is 17.8 Å². The summed E-state index contributed by atoms with van der Waals surface area (Å²) in [5.41, 5.74) is -0.0569. The van der Waals surface area contributed by atoms with E-state index in [1.165, 1.54) is 12.1 Å². The van der Waals surface area contributed by atoms with Gasteiger partial charge < -0.3 is 19.7 Å². The Labute approximate surface area is 125 Å². The fraction of sp³-hybridized carbons (Fsp3) is 0.0667. The Morgan fingerprint density at radius 3 is 2.45 bits per heavy atom. The minimum atomic E-state index is -1.26. The highest BCUT2D eigenvalue weighted by molar-refractivity contribution is 5.92. The second-order valence-corrected chi connectivity index (χ2v) is 4.17. The van der Waals surface area contributed by atoms with Crippen molar-refractivity contribution >= 4 is 17.7 Å². The third kappa shape index (κ3) is 4.14. The van der Waals surface area contributed by atoms with Crippen LogP contribution in [-0.2, 0) is 4.74 Å². The van der Waals surface area contributed by atoms with E-state index in [1.807, 2.05) is 6.07 Å². The summed E-state index contributed by atoms with van der Waals surface area (Å²) in [5, 5.41) is 20.6. The van der Waals surface area contributed by atoms with Crippen LogP contribution in [0.4, 0.5) is 10.5 Å². The molecule has 0 saturated heterocycles. The molecule has 0 spiro atoms. The fourth-order valence-electron chi connectivity index (χ4n) is 1.61.